The van der Waals surface area contributed by atoms with Gasteiger partial charge in [0.05, 0.1) is 0 Å². The monoisotopic (exact) mass is 235 g/mol. The number of anilines is 1. The molecule has 0 spiro atoms. The summed E-state index contributed by atoms with van der Waals surface area (Å²) in [5, 5.41) is 0. The highest BCUT2D eigenvalue weighted by atomic mass is 15.2. The second-order valence-corrected chi connectivity index (χ2v) is 4.89. The molecule has 2 rings (SSSR count). The summed E-state index contributed by atoms with van der Waals surface area (Å²) in [6.07, 6.45) is 3.75. The molecule has 1 saturated heterocycles. The number of nitrogen functional groups attached to an aromatic ring is 1. The van der Waals surface area contributed by atoms with Crippen molar-refractivity contribution in [1.82, 2.24) is 19.8 Å². The van der Waals surface area contributed by atoms with Gasteiger partial charge in [0, 0.05) is 37.3 Å². The Bertz CT molecular complexity index is 366. The van der Waals surface area contributed by atoms with Crippen molar-refractivity contribution in [2.45, 2.75) is 18.9 Å². The molecule has 1 aliphatic rings. The molecule has 5 heteroatoms. The van der Waals surface area contributed by atoms with Gasteiger partial charge in [-0.05, 0) is 27.1 Å². The van der Waals surface area contributed by atoms with Crippen molar-refractivity contribution >= 4 is 5.82 Å². The maximum absolute atomic E-state index is 5.63. The Hall–Kier alpha value is -1.20. The van der Waals surface area contributed by atoms with Gasteiger partial charge in [-0.2, -0.15) is 0 Å². The molecule has 1 aromatic rings. The highest BCUT2D eigenvalue weighted by Crippen LogP contribution is 2.13. The van der Waals surface area contributed by atoms with E-state index in [9.17, 15) is 0 Å². The molecule has 0 aliphatic carbocycles. The van der Waals surface area contributed by atoms with E-state index in [2.05, 4.69) is 33.9 Å². The van der Waals surface area contributed by atoms with Crippen LogP contribution in [0.5, 0.6) is 0 Å². The Balaban J connectivity index is 1.80. The van der Waals surface area contributed by atoms with E-state index in [0.717, 1.165) is 25.2 Å². The molecule has 2 heterocycles. The van der Waals surface area contributed by atoms with E-state index in [1.54, 1.807) is 0 Å². The van der Waals surface area contributed by atoms with E-state index in [0.29, 0.717) is 11.9 Å². The van der Waals surface area contributed by atoms with Crippen molar-refractivity contribution in [2.24, 2.45) is 0 Å². The Morgan fingerprint density at radius 1 is 1.47 bits per heavy atom. The molecule has 1 unspecified atom stereocenters. The van der Waals surface area contributed by atoms with Crippen molar-refractivity contribution in [3.8, 4) is 0 Å². The van der Waals surface area contributed by atoms with Crippen molar-refractivity contribution in [1.29, 1.82) is 0 Å². The molecule has 0 aromatic carbocycles. The van der Waals surface area contributed by atoms with Crippen molar-refractivity contribution < 1.29 is 0 Å². The number of aromatic nitrogens is 2. The predicted molar refractivity (Wildman–Crippen MR) is 68.7 cm³/mol. The lowest BCUT2D eigenvalue weighted by Gasteiger charge is -2.20. The highest BCUT2D eigenvalue weighted by Gasteiger charge is 2.23. The Morgan fingerprint density at radius 3 is 2.94 bits per heavy atom. The molecule has 5 nitrogen and oxygen atoms in total. The average molecular weight is 235 g/mol. The summed E-state index contributed by atoms with van der Waals surface area (Å²) in [7, 11) is 4.30. The van der Waals surface area contributed by atoms with Gasteiger partial charge in [0.25, 0.3) is 0 Å². The number of rotatable bonds is 4. The molecule has 1 atom stereocenters. The van der Waals surface area contributed by atoms with Crippen LogP contribution >= 0.6 is 0 Å². The minimum atomic E-state index is 0.558. The van der Waals surface area contributed by atoms with Crippen molar-refractivity contribution in [3.05, 3.63) is 18.1 Å². The lowest BCUT2D eigenvalue weighted by molar-refractivity contribution is 0.270. The van der Waals surface area contributed by atoms with Crippen LogP contribution < -0.4 is 5.73 Å². The molecular weight excluding hydrogens is 214 g/mol. The number of likely N-dealkylation sites (N-methyl/N-ethyl adjacent to an activating group) is 1. The van der Waals surface area contributed by atoms with Crippen LogP contribution in [0.25, 0.3) is 0 Å². The summed E-state index contributed by atoms with van der Waals surface area (Å²) < 4.78 is 0. The molecule has 17 heavy (non-hydrogen) atoms. The smallest absolute Gasteiger partial charge is 0.126 e. The maximum Gasteiger partial charge on any atom is 0.126 e. The van der Waals surface area contributed by atoms with Crippen LogP contribution in [0, 0.1) is 0 Å². The molecule has 94 valence electrons. The predicted octanol–water partition coefficient (Wildman–Crippen LogP) is 0.237. The first kappa shape index (κ1) is 12.3. The van der Waals surface area contributed by atoms with Gasteiger partial charge in [-0.25, -0.2) is 9.97 Å². The minimum absolute atomic E-state index is 0.558. The van der Waals surface area contributed by atoms with E-state index in [4.69, 9.17) is 5.73 Å². The fourth-order valence-electron chi connectivity index (χ4n) is 2.26. The van der Waals surface area contributed by atoms with Crippen LogP contribution in [0.15, 0.2) is 12.4 Å². The molecule has 1 fully saturated rings. The van der Waals surface area contributed by atoms with E-state index < -0.39 is 0 Å². The van der Waals surface area contributed by atoms with Gasteiger partial charge in [0.2, 0.25) is 0 Å². The van der Waals surface area contributed by atoms with Crippen LogP contribution in [0.2, 0.25) is 0 Å². The molecule has 0 saturated carbocycles. The van der Waals surface area contributed by atoms with Gasteiger partial charge >= 0.3 is 0 Å². The van der Waals surface area contributed by atoms with Crippen LogP contribution in [-0.2, 0) is 6.42 Å². The third kappa shape index (κ3) is 3.38. The number of nitrogens with two attached hydrogens (primary N) is 1. The van der Waals surface area contributed by atoms with Crippen molar-refractivity contribution in [3.63, 3.8) is 0 Å². The van der Waals surface area contributed by atoms with E-state index >= 15 is 0 Å². The lowest BCUT2D eigenvalue weighted by atomic mass is 10.2. The average Bonchev–Trinajstić information content (AvgIpc) is 2.75. The summed E-state index contributed by atoms with van der Waals surface area (Å²) in [6, 6.07) is 2.56. The Morgan fingerprint density at radius 2 is 2.29 bits per heavy atom. The minimum Gasteiger partial charge on any atom is -0.384 e. The largest absolute Gasteiger partial charge is 0.384 e. The summed E-state index contributed by atoms with van der Waals surface area (Å²) in [4.78, 5) is 12.9. The molecule has 1 aliphatic heterocycles. The van der Waals surface area contributed by atoms with E-state index in [1.165, 1.54) is 19.3 Å². The summed E-state index contributed by atoms with van der Waals surface area (Å²) in [5.41, 5.74) is 6.67. The van der Waals surface area contributed by atoms with Gasteiger partial charge in [0.15, 0.2) is 0 Å². The standard InChI is InChI=1S/C12H21N5/c1-16(2)11-4-6-17(8-11)5-3-10-7-12(13)15-9-14-10/h7,9,11H,3-6,8H2,1-2H3,(H2,13,14,15). The quantitative estimate of drug-likeness (QED) is 0.810. The number of likely N-dealkylation sites (tertiary alicyclic amines) is 1. The second-order valence-electron chi connectivity index (χ2n) is 4.89. The summed E-state index contributed by atoms with van der Waals surface area (Å²) in [6.45, 7) is 3.40. The Kier molecular flexibility index (Phi) is 3.91. The van der Waals surface area contributed by atoms with Gasteiger partial charge in [0.1, 0.15) is 12.1 Å². The number of hydrogen-bond acceptors (Lipinski definition) is 5. The van der Waals surface area contributed by atoms with E-state index in [-0.39, 0.29) is 0 Å². The molecule has 1 aromatic heterocycles. The number of nitrogens with zero attached hydrogens (tertiary/aromatic N) is 4. The fraction of sp³-hybridized carbons (Fsp3) is 0.667. The number of hydrogen-bond donors (Lipinski definition) is 1. The van der Waals surface area contributed by atoms with Gasteiger partial charge in [-0.15, -0.1) is 0 Å². The maximum atomic E-state index is 5.63. The zero-order chi connectivity index (χ0) is 12.3. The first-order chi connectivity index (χ1) is 8.15. The third-order valence-corrected chi connectivity index (χ3v) is 3.41. The lowest BCUT2D eigenvalue weighted by Crippen LogP contribution is -2.32. The summed E-state index contributed by atoms with van der Waals surface area (Å²) in [5.74, 6) is 0.558. The topological polar surface area (TPSA) is 58.3 Å². The van der Waals surface area contributed by atoms with E-state index in [1.807, 2.05) is 6.07 Å². The molecule has 0 bridgehead atoms. The molecule has 2 N–H and O–H groups in total. The summed E-state index contributed by atoms with van der Waals surface area (Å²) >= 11 is 0. The zero-order valence-corrected chi connectivity index (χ0v) is 10.6. The first-order valence-corrected chi connectivity index (χ1v) is 6.10. The highest BCUT2D eigenvalue weighted by molar-refractivity contribution is 5.27. The van der Waals surface area contributed by atoms with Gasteiger partial charge in [-0.3, -0.25) is 0 Å². The second kappa shape index (κ2) is 5.42. The molecule has 0 amide bonds. The first-order valence-electron chi connectivity index (χ1n) is 6.10. The van der Waals surface area contributed by atoms with Crippen LogP contribution in [0.3, 0.4) is 0 Å². The Labute approximate surface area is 103 Å². The zero-order valence-electron chi connectivity index (χ0n) is 10.6. The fourth-order valence-corrected chi connectivity index (χ4v) is 2.26. The van der Waals surface area contributed by atoms with Gasteiger partial charge < -0.3 is 15.5 Å². The molecular formula is C12H21N5. The van der Waals surface area contributed by atoms with Crippen LogP contribution in [0.4, 0.5) is 5.82 Å². The third-order valence-electron chi connectivity index (χ3n) is 3.41. The van der Waals surface area contributed by atoms with Crippen LogP contribution in [-0.4, -0.2) is 59.5 Å². The normalized spacial score (nSPS) is 21.2. The SMILES string of the molecule is CN(C)C1CCN(CCc2cc(N)ncn2)C1. The van der Waals surface area contributed by atoms with Gasteiger partial charge in [-0.1, -0.05) is 0 Å². The molecule has 0 radical (unpaired) electrons. The van der Waals surface area contributed by atoms with Crippen LogP contribution in [0.1, 0.15) is 12.1 Å². The van der Waals surface area contributed by atoms with Crippen molar-refractivity contribution in [2.75, 3.05) is 39.5 Å².